The number of piperidine rings is 1. The Kier molecular flexibility index (Phi) is 6.49. The smallest absolute Gasteiger partial charge is 0.410 e. The Balaban J connectivity index is 1.34. The lowest BCUT2D eigenvalue weighted by Crippen LogP contribution is -2.59. The first kappa shape index (κ1) is 24.3. The number of halogens is 2. The number of benzene rings is 1. The summed E-state index contributed by atoms with van der Waals surface area (Å²) >= 11 is 6.18. The number of hydrogen-bond donors (Lipinski definition) is 1. The van der Waals surface area contributed by atoms with Gasteiger partial charge in [-0.1, -0.05) is 11.6 Å². The minimum absolute atomic E-state index is 0.0145. The molecular weight excluding hydrogens is 493 g/mol. The molecule has 3 fully saturated rings. The van der Waals surface area contributed by atoms with E-state index in [9.17, 15) is 9.18 Å². The van der Waals surface area contributed by atoms with Crippen molar-refractivity contribution >= 4 is 29.2 Å². The van der Waals surface area contributed by atoms with Gasteiger partial charge in [-0.15, -0.1) is 0 Å². The third-order valence-electron chi connectivity index (χ3n) is 6.69. The van der Waals surface area contributed by atoms with E-state index in [1.165, 1.54) is 19.5 Å². The van der Waals surface area contributed by atoms with Gasteiger partial charge in [0.05, 0.1) is 42.7 Å². The molecule has 2 saturated heterocycles. The second kappa shape index (κ2) is 9.59. The Hall–Kier alpha value is -3.36. The molecule has 1 aromatic heterocycles. The van der Waals surface area contributed by atoms with E-state index in [0.717, 1.165) is 18.9 Å². The quantitative estimate of drug-likeness (QED) is 0.608. The van der Waals surface area contributed by atoms with Crippen LogP contribution in [-0.4, -0.2) is 66.1 Å². The first-order valence-corrected chi connectivity index (χ1v) is 12.0. The lowest BCUT2D eigenvalue weighted by Gasteiger charge is -2.46. The molecule has 1 saturated carbocycles. The van der Waals surface area contributed by atoms with E-state index in [2.05, 4.69) is 15.3 Å². The Labute approximate surface area is 212 Å². The molecule has 1 aliphatic carbocycles. The highest BCUT2D eigenvalue weighted by Gasteiger charge is 2.47. The summed E-state index contributed by atoms with van der Waals surface area (Å²) in [6.07, 6.45) is 2.44. The van der Waals surface area contributed by atoms with Crippen LogP contribution in [0.5, 0.6) is 11.6 Å². The van der Waals surface area contributed by atoms with Crippen molar-refractivity contribution in [3.8, 4) is 17.7 Å². The van der Waals surface area contributed by atoms with Crippen molar-refractivity contribution in [2.24, 2.45) is 11.8 Å². The Morgan fingerprint density at radius 2 is 2.03 bits per heavy atom. The van der Waals surface area contributed by atoms with Gasteiger partial charge in [0.1, 0.15) is 23.8 Å². The monoisotopic (exact) mass is 517 g/mol. The van der Waals surface area contributed by atoms with E-state index >= 15 is 0 Å². The van der Waals surface area contributed by atoms with Gasteiger partial charge in [-0.25, -0.2) is 14.2 Å². The van der Waals surface area contributed by atoms with Crippen LogP contribution in [0.1, 0.15) is 25.3 Å². The predicted molar refractivity (Wildman–Crippen MR) is 126 cm³/mol. The molecule has 1 N–H and O–H groups in total. The van der Waals surface area contributed by atoms with Crippen LogP contribution < -0.4 is 14.8 Å². The largest absolute Gasteiger partial charge is 0.489 e. The van der Waals surface area contributed by atoms with Crippen molar-refractivity contribution in [1.82, 2.24) is 14.9 Å². The van der Waals surface area contributed by atoms with E-state index in [0.29, 0.717) is 26.3 Å². The molecule has 12 heteroatoms. The molecule has 2 unspecified atom stereocenters. The number of nitrogens with zero attached hydrogens (tertiary/aromatic N) is 4. The van der Waals surface area contributed by atoms with Crippen LogP contribution in [-0.2, 0) is 9.47 Å². The van der Waals surface area contributed by atoms with E-state index in [-0.39, 0.29) is 63.4 Å². The van der Waals surface area contributed by atoms with Crippen molar-refractivity contribution in [2.45, 2.75) is 31.5 Å². The molecule has 1 amide bonds. The number of rotatable bonds is 6. The average Bonchev–Trinajstić information content (AvgIpc) is 3.57. The van der Waals surface area contributed by atoms with E-state index < -0.39 is 5.82 Å². The van der Waals surface area contributed by atoms with Crippen LogP contribution >= 0.6 is 11.6 Å². The summed E-state index contributed by atoms with van der Waals surface area (Å²) in [6.45, 7) is 3.65. The number of fused-ring (bicyclic) bond motifs is 2. The lowest BCUT2D eigenvalue weighted by molar-refractivity contribution is -0.112. The zero-order chi connectivity index (χ0) is 25.4. The maximum atomic E-state index is 14.6. The summed E-state index contributed by atoms with van der Waals surface area (Å²) in [5.74, 6) is -0.429. The number of anilines is 2. The number of methoxy groups -OCH3 is 1. The molecule has 2 bridgehead atoms. The molecular formula is C24H25ClFN5O5. The Morgan fingerprint density at radius 3 is 2.64 bits per heavy atom. The van der Waals surface area contributed by atoms with Gasteiger partial charge < -0.3 is 29.2 Å². The Bertz CT molecular complexity index is 1180. The SMILES string of the molecule is COc1c(Nc2c(F)cc(C#N)cc2Cl)ncnc1OC1C2COCC1CN(C(=O)OC1(C)CC1)C2. The minimum atomic E-state index is -0.715. The fourth-order valence-electron chi connectivity index (χ4n) is 4.51. The molecule has 5 rings (SSSR count). The number of aromatic nitrogens is 2. The molecule has 190 valence electrons. The van der Waals surface area contributed by atoms with Gasteiger partial charge in [-0.2, -0.15) is 10.2 Å². The second-order valence-electron chi connectivity index (χ2n) is 9.48. The highest BCUT2D eigenvalue weighted by atomic mass is 35.5. The molecule has 3 aliphatic rings. The number of amides is 1. The second-order valence-corrected chi connectivity index (χ2v) is 9.88. The summed E-state index contributed by atoms with van der Waals surface area (Å²) in [7, 11) is 1.43. The standard InChI is InChI=1S/C24H25ClFN5O5/c1-24(3-4-24)36-23(32)31-8-14-10-34-11-15(9-31)19(14)35-22-20(33-2)21(28-12-29-22)30-18-16(25)5-13(7-27)6-17(18)26/h5-6,12,14-15,19H,3-4,8-11H2,1-2H3,(H,28,29,30). The van der Waals surface area contributed by atoms with Crippen molar-refractivity contribution in [1.29, 1.82) is 5.26 Å². The fourth-order valence-corrected chi connectivity index (χ4v) is 4.77. The van der Waals surface area contributed by atoms with Crippen LogP contribution in [0.2, 0.25) is 5.02 Å². The van der Waals surface area contributed by atoms with Crippen molar-refractivity contribution in [3.63, 3.8) is 0 Å². The van der Waals surface area contributed by atoms with Gasteiger partial charge in [-0.05, 0) is 31.9 Å². The zero-order valence-corrected chi connectivity index (χ0v) is 20.5. The van der Waals surface area contributed by atoms with Gasteiger partial charge in [0, 0.05) is 24.9 Å². The number of carbonyl (C=O) groups excluding carboxylic acids is 1. The molecule has 2 aromatic rings. The first-order chi connectivity index (χ1) is 17.3. The highest BCUT2D eigenvalue weighted by Crippen LogP contribution is 2.41. The predicted octanol–water partition coefficient (Wildman–Crippen LogP) is 3.91. The summed E-state index contributed by atoms with van der Waals surface area (Å²) in [4.78, 5) is 22.8. The molecule has 10 nitrogen and oxygen atoms in total. The molecule has 2 aliphatic heterocycles. The number of likely N-dealkylation sites (tertiary alicyclic amines) is 1. The molecule has 36 heavy (non-hydrogen) atoms. The van der Waals surface area contributed by atoms with Gasteiger partial charge in [0.15, 0.2) is 5.82 Å². The molecule has 3 heterocycles. The van der Waals surface area contributed by atoms with Gasteiger partial charge in [0.25, 0.3) is 5.88 Å². The minimum Gasteiger partial charge on any atom is -0.489 e. The number of hydrogen-bond acceptors (Lipinski definition) is 9. The van der Waals surface area contributed by atoms with Crippen LogP contribution in [0.3, 0.4) is 0 Å². The van der Waals surface area contributed by atoms with Gasteiger partial charge >= 0.3 is 6.09 Å². The topological polar surface area (TPSA) is 119 Å². The lowest BCUT2D eigenvalue weighted by atomic mass is 9.84. The van der Waals surface area contributed by atoms with Crippen LogP contribution in [0.15, 0.2) is 18.5 Å². The Morgan fingerprint density at radius 1 is 1.31 bits per heavy atom. The third-order valence-corrected chi connectivity index (χ3v) is 6.98. The molecule has 1 aromatic carbocycles. The molecule has 0 radical (unpaired) electrons. The average molecular weight is 518 g/mol. The van der Waals surface area contributed by atoms with E-state index in [1.807, 2.05) is 13.0 Å². The number of carbonyl (C=O) groups is 1. The molecule has 2 atom stereocenters. The maximum Gasteiger partial charge on any atom is 0.410 e. The molecule has 0 spiro atoms. The van der Waals surface area contributed by atoms with E-state index in [4.69, 9.17) is 35.8 Å². The maximum absolute atomic E-state index is 14.6. The van der Waals surface area contributed by atoms with Gasteiger partial charge in [0.2, 0.25) is 5.75 Å². The van der Waals surface area contributed by atoms with Crippen molar-refractivity contribution < 1.29 is 28.1 Å². The number of nitriles is 1. The van der Waals surface area contributed by atoms with Crippen molar-refractivity contribution in [3.05, 3.63) is 34.9 Å². The summed E-state index contributed by atoms with van der Waals surface area (Å²) in [5.41, 5.74) is -0.303. The highest BCUT2D eigenvalue weighted by molar-refractivity contribution is 6.33. The normalized spacial score (nSPS) is 23.9. The van der Waals surface area contributed by atoms with Crippen LogP contribution in [0, 0.1) is 29.0 Å². The number of nitrogens with one attached hydrogen (secondary N) is 1. The van der Waals surface area contributed by atoms with E-state index in [1.54, 1.807) is 4.90 Å². The van der Waals surface area contributed by atoms with Crippen LogP contribution in [0.25, 0.3) is 0 Å². The summed E-state index contributed by atoms with van der Waals surface area (Å²) in [6, 6.07) is 4.28. The van der Waals surface area contributed by atoms with Crippen molar-refractivity contribution in [2.75, 3.05) is 38.7 Å². The van der Waals surface area contributed by atoms with Gasteiger partial charge in [-0.3, -0.25) is 0 Å². The number of ether oxygens (including phenoxy) is 4. The first-order valence-electron chi connectivity index (χ1n) is 11.6. The van der Waals surface area contributed by atoms with Crippen LogP contribution in [0.4, 0.5) is 20.7 Å². The third kappa shape index (κ3) is 4.83. The summed E-state index contributed by atoms with van der Waals surface area (Å²) in [5, 5.41) is 11.9. The fraction of sp³-hybridized carbons (Fsp3) is 0.500. The summed E-state index contributed by atoms with van der Waals surface area (Å²) < 4.78 is 37.8. The zero-order valence-electron chi connectivity index (χ0n) is 19.8.